The molecule has 5 nitrogen and oxygen atoms in total. The van der Waals surface area contributed by atoms with E-state index in [4.69, 9.17) is 9.47 Å². The van der Waals surface area contributed by atoms with Crippen LogP contribution in [-0.2, 0) is 11.2 Å². The summed E-state index contributed by atoms with van der Waals surface area (Å²) >= 11 is 0. The van der Waals surface area contributed by atoms with E-state index in [2.05, 4.69) is 4.98 Å². The molecule has 0 saturated heterocycles. The smallest absolute Gasteiger partial charge is 0.246 e. The molecule has 126 valence electrons. The van der Waals surface area contributed by atoms with Crippen LogP contribution in [0.1, 0.15) is 11.1 Å². The zero-order chi connectivity index (χ0) is 17.4. The maximum atomic E-state index is 12.2. The monoisotopic (exact) mass is 326 g/mol. The number of likely N-dealkylation sites (N-methyl/N-ethyl adjacent to an activating group) is 1. The average molecular weight is 326 g/mol. The summed E-state index contributed by atoms with van der Waals surface area (Å²) in [5.41, 5.74) is 1.90. The van der Waals surface area contributed by atoms with Gasteiger partial charge in [-0.1, -0.05) is 6.07 Å². The highest BCUT2D eigenvalue weighted by Crippen LogP contribution is 2.24. The molecule has 0 aliphatic rings. The zero-order valence-corrected chi connectivity index (χ0v) is 14.2. The highest BCUT2D eigenvalue weighted by Gasteiger charge is 2.09. The van der Waals surface area contributed by atoms with Crippen molar-refractivity contribution in [1.29, 1.82) is 0 Å². The van der Waals surface area contributed by atoms with Crippen LogP contribution in [0.4, 0.5) is 0 Å². The molecule has 2 rings (SSSR count). The maximum absolute atomic E-state index is 12.2. The van der Waals surface area contributed by atoms with E-state index in [-0.39, 0.29) is 5.91 Å². The van der Waals surface area contributed by atoms with Gasteiger partial charge < -0.3 is 14.4 Å². The van der Waals surface area contributed by atoms with Gasteiger partial charge in [0, 0.05) is 32.1 Å². The van der Waals surface area contributed by atoms with Crippen LogP contribution in [0.25, 0.3) is 6.08 Å². The molecule has 1 heterocycles. The quantitative estimate of drug-likeness (QED) is 0.734. The van der Waals surface area contributed by atoms with Crippen molar-refractivity contribution in [1.82, 2.24) is 9.88 Å². The van der Waals surface area contributed by atoms with Crippen molar-refractivity contribution in [2.45, 2.75) is 6.42 Å². The summed E-state index contributed by atoms with van der Waals surface area (Å²) in [7, 11) is 5.05. The highest BCUT2D eigenvalue weighted by atomic mass is 16.5. The van der Waals surface area contributed by atoms with Gasteiger partial charge in [-0.25, -0.2) is 0 Å². The summed E-state index contributed by atoms with van der Waals surface area (Å²) in [5, 5.41) is 0. The summed E-state index contributed by atoms with van der Waals surface area (Å²) < 4.78 is 10.6. The number of methoxy groups -OCH3 is 2. The predicted molar refractivity (Wildman–Crippen MR) is 94.2 cm³/mol. The molecule has 0 N–H and O–H groups in total. The zero-order valence-electron chi connectivity index (χ0n) is 14.2. The van der Waals surface area contributed by atoms with Gasteiger partial charge in [0.25, 0.3) is 0 Å². The molecule has 0 unspecified atom stereocenters. The fourth-order valence-electron chi connectivity index (χ4n) is 2.24. The second-order valence-electron chi connectivity index (χ2n) is 5.31. The summed E-state index contributed by atoms with van der Waals surface area (Å²) in [6.07, 6.45) is 7.42. The van der Waals surface area contributed by atoms with Gasteiger partial charge in [0.2, 0.25) is 5.91 Å². The Morgan fingerprint density at radius 2 is 2.08 bits per heavy atom. The number of nitrogens with zero attached hydrogens (tertiary/aromatic N) is 2. The number of hydrogen-bond acceptors (Lipinski definition) is 4. The normalized spacial score (nSPS) is 10.6. The molecule has 1 amide bonds. The third-order valence-electron chi connectivity index (χ3n) is 3.68. The fraction of sp³-hybridized carbons (Fsp3) is 0.263. The summed E-state index contributed by atoms with van der Waals surface area (Å²) in [6, 6.07) is 9.40. The van der Waals surface area contributed by atoms with Gasteiger partial charge in [-0.15, -0.1) is 0 Å². The molecular formula is C19H22N2O3. The van der Waals surface area contributed by atoms with E-state index in [0.717, 1.165) is 22.6 Å². The number of hydrogen-bond donors (Lipinski definition) is 0. The molecule has 0 saturated carbocycles. The van der Waals surface area contributed by atoms with Gasteiger partial charge in [-0.05, 0) is 47.9 Å². The number of ether oxygens (including phenoxy) is 2. The van der Waals surface area contributed by atoms with Crippen molar-refractivity contribution in [2.75, 3.05) is 27.8 Å². The molecule has 1 aromatic heterocycles. The fourth-order valence-corrected chi connectivity index (χ4v) is 2.24. The number of aromatic nitrogens is 1. The van der Waals surface area contributed by atoms with E-state index < -0.39 is 0 Å². The molecule has 1 aromatic carbocycles. The Hall–Kier alpha value is -2.82. The Kier molecular flexibility index (Phi) is 6.37. The van der Waals surface area contributed by atoms with E-state index >= 15 is 0 Å². The van der Waals surface area contributed by atoms with Crippen LogP contribution < -0.4 is 9.47 Å². The number of carbonyl (C=O) groups excluding carboxylic acids is 1. The van der Waals surface area contributed by atoms with Crippen molar-refractivity contribution >= 4 is 12.0 Å². The van der Waals surface area contributed by atoms with Crippen LogP contribution in [0.2, 0.25) is 0 Å². The average Bonchev–Trinajstić information content (AvgIpc) is 2.64. The van der Waals surface area contributed by atoms with Crippen molar-refractivity contribution < 1.29 is 14.3 Å². The lowest BCUT2D eigenvalue weighted by molar-refractivity contribution is -0.124. The van der Waals surface area contributed by atoms with E-state index in [1.54, 1.807) is 50.7 Å². The van der Waals surface area contributed by atoms with Gasteiger partial charge in [-0.2, -0.15) is 0 Å². The Bertz CT molecular complexity index is 699. The highest BCUT2D eigenvalue weighted by molar-refractivity contribution is 5.91. The third kappa shape index (κ3) is 4.84. The van der Waals surface area contributed by atoms with Crippen molar-refractivity contribution in [3.05, 3.63) is 59.9 Å². The van der Waals surface area contributed by atoms with Crippen molar-refractivity contribution in [3.63, 3.8) is 0 Å². The molecular weight excluding hydrogens is 304 g/mol. The topological polar surface area (TPSA) is 51.7 Å². The van der Waals surface area contributed by atoms with E-state index in [0.29, 0.717) is 13.0 Å². The van der Waals surface area contributed by atoms with Crippen LogP contribution in [0.15, 0.2) is 48.8 Å². The second-order valence-corrected chi connectivity index (χ2v) is 5.31. The SMILES string of the molecule is COc1ccc(OC)c(CCN(C)C(=O)/C=C/c2cccnc2)c1. The maximum Gasteiger partial charge on any atom is 0.246 e. The van der Waals surface area contributed by atoms with Crippen LogP contribution in [0, 0.1) is 0 Å². The third-order valence-corrected chi connectivity index (χ3v) is 3.68. The molecule has 2 aromatic rings. The van der Waals surface area contributed by atoms with Crippen LogP contribution >= 0.6 is 0 Å². The number of carbonyl (C=O) groups is 1. The number of benzene rings is 1. The minimum absolute atomic E-state index is 0.0549. The number of amides is 1. The Morgan fingerprint density at radius 3 is 2.75 bits per heavy atom. The minimum atomic E-state index is -0.0549. The standard InChI is InChI=1S/C19H22N2O3/c1-21(19(22)9-6-15-5-4-11-20-14-15)12-10-16-13-17(23-2)7-8-18(16)24-3/h4-9,11,13-14H,10,12H2,1-3H3/b9-6+. The van der Waals surface area contributed by atoms with E-state index in [9.17, 15) is 4.79 Å². The minimum Gasteiger partial charge on any atom is -0.497 e. The number of pyridine rings is 1. The van der Waals surface area contributed by atoms with Gasteiger partial charge in [0.05, 0.1) is 14.2 Å². The molecule has 5 heteroatoms. The Labute approximate surface area is 142 Å². The van der Waals surface area contributed by atoms with Crippen LogP contribution in [0.3, 0.4) is 0 Å². The Morgan fingerprint density at radius 1 is 1.25 bits per heavy atom. The van der Waals surface area contributed by atoms with Crippen LogP contribution in [-0.4, -0.2) is 43.6 Å². The van der Waals surface area contributed by atoms with Gasteiger partial charge in [-0.3, -0.25) is 9.78 Å². The molecule has 24 heavy (non-hydrogen) atoms. The summed E-state index contributed by atoms with van der Waals surface area (Å²) in [4.78, 5) is 17.9. The Balaban J connectivity index is 1.96. The number of rotatable bonds is 7. The second kappa shape index (κ2) is 8.72. The first kappa shape index (κ1) is 17.5. The summed E-state index contributed by atoms with van der Waals surface area (Å²) in [6.45, 7) is 0.583. The van der Waals surface area contributed by atoms with Gasteiger partial charge >= 0.3 is 0 Å². The molecule has 0 aliphatic carbocycles. The lowest BCUT2D eigenvalue weighted by Crippen LogP contribution is -2.27. The first-order valence-electron chi connectivity index (χ1n) is 7.68. The van der Waals surface area contributed by atoms with Gasteiger partial charge in [0.1, 0.15) is 11.5 Å². The van der Waals surface area contributed by atoms with Gasteiger partial charge in [0.15, 0.2) is 0 Å². The lowest BCUT2D eigenvalue weighted by Gasteiger charge is -2.16. The first-order chi connectivity index (χ1) is 11.6. The molecule has 0 radical (unpaired) electrons. The summed E-state index contributed by atoms with van der Waals surface area (Å²) in [5.74, 6) is 1.51. The van der Waals surface area contributed by atoms with E-state index in [1.165, 1.54) is 0 Å². The van der Waals surface area contributed by atoms with Crippen LogP contribution in [0.5, 0.6) is 11.5 Å². The first-order valence-corrected chi connectivity index (χ1v) is 7.68. The lowest BCUT2D eigenvalue weighted by atomic mass is 10.1. The largest absolute Gasteiger partial charge is 0.497 e. The predicted octanol–water partition coefficient (Wildman–Crippen LogP) is 2.81. The molecule has 0 aliphatic heterocycles. The molecule has 0 fully saturated rings. The molecule has 0 bridgehead atoms. The van der Waals surface area contributed by atoms with Crippen molar-refractivity contribution in [3.8, 4) is 11.5 Å². The molecule has 0 spiro atoms. The molecule has 0 atom stereocenters. The van der Waals surface area contributed by atoms with E-state index in [1.807, 2.05) is 30.3 Å². The van der Waals surface area contributed by atoms with Crippen molar-refractivity contribution in [2.24, 2.45) is 0 Å².